The quantitative estimate of drug-likeness (QED) is 0.309. The van der Waals surface area contributed by atoms with Gasteiger partial charge in [-0.2, -0.15) is 0 Å². The van der Waals surface area contributed by atoms with Gasteiger partial charge < -0.3 is 9.16 Å². The molecule has 0 saturated carbocycles. The van der Waals surface area contributed by atoms with E-state index in [0.717, 1.165) is 19.1 Å². The number of ether oxygens (including phenoxy) is 1. The van der Waals surface area contributed by atoms with E-state index in [-0.39, 0.29) is 5.97 Å². The van der Waals surface area contributed by atoms with Crippen molar-refractivity contribution in [1.82, 2.24) is 0 Å². The molecule has 1 atom stereocenters. The van der Waals surface area contributed by atoms with Crippen LogP contribution in [0.1, 0.15) is 13.3 Å². The number of benzene rings is 1. The summed E-state index contributed by atoms with van der Waals surface area (Å²) in [4.78, 5) is 10.9. The second-order valence-electron chi connectivity index (χ2n) is 3.79. The van der Waals surface area contributed by atoms with Gasteiger partial charge in [0.2, 0.25) is 9.04 Å². The third kappa shape index (κ3) is 5.29. The fraction of sp³-hybridized carbons (Fsp3) is 0.357. The molecule has 0 spiro atoms. The molecule has 0 bridgehead atoms. The van der Waals surface area contributed by atoms with Crippen molar-refractivity contribution in [3.63, 3.8) is 0 Å². The van der Waals surface area contributed by atoms with Gasteiger partial charge >= 0.3 is 5.97 Å². The summed E-state index contributed by atoms with van der Waals surface area (Å²) in [6, 6.07) is 11.9. The van der Waals surface area contributed by atoms with Crippen molar-refractivity contribution in [2.75, 3.05) is 13.2 Å². The lowest BCUT2D eigenvalue weighted by Crippen LogP contribution is -2.33. The Balaban J connectivity index is 2.39. The van der Waals surface area contributed by atoms with Crippen LogP contribution < -0.4 is 5.19 Å². The number of rotatable bonds is 8. The van der Waals surface area contributed by atoms with Crippen LogP contribution in [0.5, 0.6) is 0 Å². The minimum absolute atomic E-state index is 0.362. The molecule has 1 rings (SSSR count). The van der Waals surface area contributed by atoms with Crippen LogP contribution in [0.15, 0.2) is 36.9 Å². The summed E-state index contributed by atoms with van der Waals surface area (Å²) in [5, 5.41) is 1.27. The predicted octanol–water partition coefficient (Wildman–Crippen LogP) is 1.57. The van der Waals surface area contributed by atoms with Crippen LogP contribution in [-0.2, 0) is 14.0 Å². The van der Waals surface area contributed by atoms with E-state index in [1.807, 2.05) is 19.1 Å². The summed E-state index contributed by atoms with van der Waals surface area (Å²) < 4.78 is 10.8. The number of hydrogen-bond donors (Lipinski definition) is 0. The Morgan fingerprint density at radius 1 is 1.50 bits per heavy atom. The van der Waals surface area contributed by atoms with Gasteiger partial charge in [-0.3, -0.25) is 0 Å². The zero-order chi connectivity index (χ0) is 13.2. The first-order valence-corrected chi connectivity index (χ1v) is 8.01. The molecule has 1 radical (unpaired) electrons. The highest BCUT2D eigenvalue weighted by Gasteiger charge is 2.13. The molecule has 0 aliphatic rings. The normalized spacial score (nSPS) is 11.8. The zero-order valence-electron chi connectivity index (χ0n) is 10.7. The fourth-order valence-electron chi connectivity index (χ4n) is 1.66. The third-order valence-corrected chi connectivity index (χ3v) is 5.30. The summed E-state index contributed by atoms with van der Waals surface area (Å²) in [6.45, 7) is 6.52. The third-order valence-electron chi connectivity index (χ3n) is 2.51. The average Bonchev–Trinajstić information content (AvgIpc) is 2.43. The molecular weight excluding hydrogens is 244 g/mol. The zero-order valence-corrected chi connectivity index (χ0v) is 11.9. The second-order valence-corrected chi connectivity index (χ2v) is 6.35. The van der Waals surface area contributed by atoms with Crippen LogP contribution in [0.3, 0.4) is 0 Å². The van der Waals surface area contributed by atoms with Gasteiger partial charge in [-0.15, -0.1) is 0 Å². The summed E-state index contributed by atoms with van der Waals surface area (Å²) >= 11 is 0. The molecule has 0 aliphatic heterocycles. The second kappa shape index (κ2) is 8.66. The molecule has 0 aromatic heterocycles. The van der Waals surface area contributed by atoms with Crippen molar-refractivity contribution in [2.24, 2.45) is 0 Å². The fourth-order valence-corrected chi connectivity index (χ4v) is 3.92. The summed E-state index contributed by atoms with van der Waals surface area (Å²) in [5.41, 5.74) is 0. The predicted molar refractivity (Wildman–Crippen MR) is 74.3 cm³/mol. The molecule has 0 N–H and O–H groups in total. The van der Waals surface area contributed by atoms with Crippen LogP contribution in [0.2, 0.25) is 6.04 Å². The van der Waals surface area contributed by atoms with Gasteiger partial charge in [0.1, 0.15) is 0 Å². The minimum atomic E-state index is -1.40. The van der Waals surface area contributed by atoms with Gasteiger partial charge in [0.05, 0.1) is 6.61 Å². The summed E-state index contributed by atoms with van der Waals surface area (Å²) in [6.07, 6.45) is 2.01. The van der Waals surface area contributed by atoms with Crippen molar-refractivity contribution in [3.8, 4) is 0 Å². The highest BCUT2D eigenvalue weighted by molar-refractivity contribution is 6.67. The largest absolute Gasteiger partial charge is 0.463 e. The molecule has 0 fully saturated rings. The van der Waals surface area contributed by atoms with Crippen molar-refractivity contribution >= 4 is 20.2 Å². The molecule has 4 heteroatoms. The van der Waals surface area contributed by atoms with Gasteiger partial charge in [-0.25, -0.2) is 4.79 Å². The molecule has 0 heterocycles. The highest BCUT2D eigenvalue weighted by atomic mass is 28.3. The molecule has 1 aromatic rings. The molecule has 3 nitrogen and oxygen atoms in total. The van der Waals surface area contributed by atoms with Gasteiger partial charge in [0.15, 0.2) is 0 Å². The lowest BCUT2D eigenvalue weighted by Gasteiger charge is -2.15. The number of carbonyl (C=O) groups is 1. The Morgan fingerprint density at radius 3 is 2.83 bits per heavy atom. The molecule has 1 unspecified atom stereocenters. The van der Waals surface area contributed by atoms with Gasteiger partial charge in [0.25, 0.3) is 0 Å². The molecule has 97 valence electrons. The van der Waals surface area contributed by atoms with Crippen molar-refractivity contribution in [1.29, 1.82) is 0 Å². The molecular formula is C14H19O3Si. The Labute approximate surface area is 110 Å². The maximum Gasteiger partial charge on any atom is 0.330 e. The van der Waals surface area contributed by atoms with Crippen LogP contribution in [-0.4, -0.2) is 28.2 Å². The lowest BCUT2D eigenvalue weighted by atomic mass is 10.4. The van der Waals surface area contributed by atoms with Crippen molar-refractivity contribution in [2.45, 2.75) is 19.4 Å². The number of esters is 1. The SMILES string of the molecule is C=CC(=O)OCCC[SiH](OCC)c1cc[c]cc1. The van der Waals surface area contributed by atoms with Crippen molar-refractivity contribution < 1.29 is 14.0 Å². The number of carbonyl (C=O) groups excluding carboxylic acids is 1. The van der Waals surface area contributed by atoms with Gasteiger partial charge in [-0.05, 0) is 30.6 Å². The average molecular weight is 263 g/mol. The maximum atomic E-state index is 10.9. The highest BCUT2D eigenvalue weighted by Crippen LogP contribution is 2.02. The molecule has 0 amide bonds. The maximum absolute atomic E-state index is 10.9. The minimum Gasteiger partial charge on any atom is -0.463 e. The van der Waals surface area contributed by atoms with Crippen molar-refractivity contribution in [3.05, 3.63) is 43.0 Å². The smallest absolute Gasteiger partial charge is 0.330 e. The van der Waals surface area contributed by atoms with Gasteiger partial charge in [-0.1, -0.05) is 30.8 Å². The number of hydrogen-bond acceptors (Lipinski definition) is 3. The standard InChI is InChI=1S/C14H19O3Si/c1-3-14(15)16-11-8-12-18(17-4-2)13-9-6-5-7-10-13/h3,6-7,9-10,18H,1,4,8,11-12H2,2H3. The van der Waals surface area contributed by atoms with E-state index in [1.165, 1.54) is 11.3 Å². The van der Waals surface area contributed by atoms with E-state index in [1.54, 1.807) is 0 Å². The van der Waals surface area contributed by atoms with E-state index in [2.05, 4.69) is 24.8 Å². The topological polar surface area (TPSA) is 35.5 Å². The van der Waals surface area contributed by atoms with Crippen LogP contribution in [0, 0.1) is 6.07 Å². The van der Waals surface area contributed by atoms with Crippen LogP contribution >= 0.6 is 0 Å². The van der Waals surface area contributed by atoms with E-state index in [9.17, 15) is 4.79 Å². The first-order valence-electron chi connectivity index (χ1n) is 6.14. The Kier molecular flexibility index (Phi) is 7.06. The Morgan fingerprint density at radius 2 is 2.22 bits per heavy atom. The van der Waals surface area contributed by atoms with Gasteiger partial charge in [0, 0.05) is 12.7 Å². The lowest BCUT2D eigenvalue weighted by molar-refractivity contribution is -0.137. The van der Waals surface area contributed by atoms with E-state index in [4.69, 9.17) is 9.16 Å². The summed E-state index contributed by atoms with van der Waals surface area (Å²) in [5.74, 6) is -0.362. The summed E-state index contributed by atoms with van der Waals surface area (Å²) in [7, 11) is -1.40. The van der Waals surface area contributed by atoms with E-state index in [0.29, 0.717) is 6.61 Å². The molecule has 0 saturated heterocycles. The molecule has 18 heavy (non-hydrogen) atoms. The van der Waals surface area contributed by atoms with Crippen LogP contribution in [0.4, 0.5) is 0 Å². The van der Waals surface area contributed by atoms with E-state index >= 15 is 0 Å². The molecule has 0 aliphatic carbocycles. The first kappa shape index (κ1) is 14.7. The first-order chi connectivity index (χ1) is 8.77. The van der Waals surface area contributed by atoms with Crippen LogP contribution in [0.25, 0.3) is 0 Å². The molecule has 1 aromatic carbocycles. The monoisotopic (exact) mass is 263 g/mol. The Bertz CT molecular complexity index is 365. The van der Waals surface area contributed by atoms with E-state index < -0.39 is 9.04 Å². The Hall–Kier alpha value is -1.39.